The third-order valence-electron chi connectivity index (χ3n) is 5.82. The highest BCUT2D eigenvalue weighted by molar-refractivity contribution is 6.00. The molecule has 0 spiro atoms. The molecule has 0 radical (unpaired) electrons. The smallest absolute Gasteiger partial charge is 0.323 e. The largest absolute Gasteiger partial charge is 0.497 e. The first-order valence-corrected chi connectivity index (χ1v) is 11.5. The highest BCUT2D eigenvalue weighted by Gasteiger charge is 2.29. The average Bonchev–Trinajstić information content (AvgIpc) is 2.99. The third kappa shape index (κ3) is 6.09. The van der Waals surface area contributed by atoms with Crippen LogP contribution in [0.1, 0.15) is 24.5 Å². The number of amides is 3. The van der Waals surface area contributed by atoms with Crippen LogP contribution >= 0.6 is 0 Å². The predicted octanol–water partition coefficient (Wildman–Crippen LogP) is 5.22. The molecule has 0 saturated heterocycles. The normalized spacial score (nSPS) is 15.0. The Kier molecular flexibility index (Phi) is 7.50. The van der Waals surface area contributed by atoms with E-state index in [1.165, 1.54) is 12.1 Å². The quantitative estimate of drug-likeness (QED) is 0.489. The third-order valence-corrected chi connectivity index (χ3v) is 5.82. The van der Waals surface area contributed by atoms with E-state index in [-0.39, 0.29) is 11.7 Å². The molecule has 1 aliphatic rings. The van der Waals surface area contributed by atoms with E-state index in [0.29, 0.717) is 48.8 Å². The van der Waals surface area contributed by atoms with Crippen LogP contribution in [-0.2, 0) is 17.8 Å². The van der Waals surface area contributed by atoms with Gasteiger partial charge < -0.3 is 25.0 Å². The van der Waals surface area contributed by atoms with Crippen LogP contribution in [0.2, 0.25) is 0 Å². The summed E-state index contributed by atoms with van der Waals surface area (Å²) in [5.41, 5.74) is 2.92. The molecule has 0 unspecified atom stereocenters. The fraction of sp³-hybridized carbons (Fsp3) is 0.259. The molecule has 0 aliphatic carbocycles. The van der Waals surface area contributed by atoms with Crippen molar-refractivity contribution in [2.75, 3.05) is 24.3 Å². The van der Waals surface area contributed by atoms with E-state index in [9.17, 15) is 14.0 Å². The van der Waals surface area contributed by atoms with Crippen molar-refractivity contribution in [2.24, 2.45) is 0 Å². The summed E-state index contributed by atoms with van der Waals surface area (Å²) >= 11 is 0. The summed E-state index contributed by atoms with van der Waals surface area (Å²) < 4.78 is 24.4. The molecule has 35 heavy (non-hydrogen) atoms. The number of methoxy groups -OCH3 is 1. The monoisotopic (exact) mass is 477 g/mol. The van der Waals surface area contributed by atoms with Gasteiger partial charge in [-0.05, 0) is 60.9 Å². The molecule has 3 aromatic rings. The summed E-state index contributed by atoms with van der Waals surface area (Å²) in [6.45, 7) is 2.72. The second kappa shape index (κ2) is 10.9. The van der Waals surface area contributed by atoms with E-state index in [4.69, 9.17) is 9.47 Å². The maximum absolute atomic E-state index is 13.2. The van der Waals surface area contributed by atoms with E-state index < -0.39 is 12.1 Å². The lowest BCUT2D eigenvalue weighted by atomic mass is 10.1. The molecule has 0 saturated carbocycles. The van der Waals surface area contributed by atoms with Gasteiger partial charge in [0.2, 0.25) is 0 Å². The molecule has 2 N–H and O–H groups in total. The lowest BCUT2D eigenvalue weighted by molar-refractivity contribution is -0.138. The van der Waals surface area contributed by atoms with Gasteiger partial charge in [0.25, 0.3) is 5.91 Å². The standard InChI is InChI=1S/C27H28FN3O4/c1-3-24-26(32)31(14-13-18-7-9-20(28)10-8-18)17-19-15-22(11-12-25(19)35-24)30-27(33)29-21-5-4-6-23(16-21)34-2/h4-12,15-16,24H,3,13-14,17H2,1-2H3,(H2,29,30,33)/t24-/m0/s1. The number of fused-ring (bicyclic) bond motifs is 1. The van der Waals surface area contributed by atoms with Gasteiger partial charge in [-0.1, -0.05) is 25.1 Å². The molecule has 1 heterocycles. The zero-order valence-electron chi connectivity index (χ0n) is 19.7. The molecule has 3 aromatic carbocycles. The van der Waals surface area contributed by atoms with Crippen LogP contribution < -0.4 is 20.1 Å². The van der Waals surface area contributed by atoms with Crippen LogP contribution in [0.25, 0.3) is 0 Å². The number of urea groups is 1. The first kappa shape index (κ1) is 24.1. The molecule has 8 heteroatoms. The van der Waals surface area contributed by atoms with E-state index >= 15 is 0 Å². The van der Waals surface area contributed by atoms with Crippen LogP contribution in [0.15, 0.2) is 66.7 Å². The number of nitrogens with one attached hydrogen (secondary N) is 2. The van der Waals surface area contributed by atoms with E-state index in [1.807, 2.05) is 13.0 Å². The molecule has 3 amide bonds. The number of halogens is 1. The summed E-state index contributed by atoms with van der Waals surface area (Å²) in [4.78, 5) is 27.4. The van der Waals surface area contributed by atoms with Gasteiger partial charge in [0, 0.05) is 36.1 Å². The van der Waals surface area contributed by atoms with Crippen LogP contribution in [0.3, 0.4) is 0 Å². The lowest BCUT2D eigenvalue weighted by Crippen LogP contribution is -2.40. The SMILES string of the molecule is CC[C@@H]1Oc2ccc(NC(=O)Nc3cccc(OC)c3)cc2CN(CCc2ccc(F)cc2)C1=O. The lowest BCUT2D eigenvalue weighted by Gasteiger charge is -2.23. The van der Waals surface area contributed by atoms with Gasteiger partial charge >= 0.3 is 6.03 Å². The zero-order valence-corrected chi connectivity index (χ0v) is 19.7. The Morgan fingerprint density at radius 1 is 1.09 bits per heavy atom. The second-order valence-corrected chi connectivity index (χ2v) is 8.28. The van der Waals surface area contributed by atoms with Gasteiger partial charge in [-0.25, -0.2) is 9.18 Å². The van der Waals surface area contributed by atoms with Crippen molar-refractivity contribution in [3.63, 3.8) is 0 Å². The number of hydrogen-bond acceptors (Lipinski definition) is 4. The van der Waals surface area contributed by atoms with Crippen molar-refractivity contribution < 1.29 is 23.5 Å². The molecular formula is C27H28FN3O4. The van der Waals surface area contributed by atoms with E-state index in [1.54, 1.807) is 60.5 Å². The number of nitrogens with zero attached hydrogens (tertiary/aromatic N) is 1. The van der Waals surface area contributed by atoms with Crippen LogP contribution in [0.5, 0.6) is 11.5 Å². The first-order valence-electron chi connectivity index (χ1n) is 11.5. The highest BCUT2D eigenvalue weighted by atomic mass is 19.1. The molecule has 7 nitrogen and oxygen atoms in total. The summed E-state index contributed by atoms with van der Waals surface area (Å²) in [5.74, 6) is 0.883. The van der Waals surface area contributed by atoms with Crippen molar-refractivity contribution in [1.29, 1.82) is 0 Å². The summed E-state index contributed by atoms with van der Waals surface area (Å²) in [6.07, 6.45) is 0.548. The Balaban J connectivity index is 1.47. The number of rotatable bonds is 7. The number of carbonyl (C=O) groups is 2. The zero-order chi connectivity index (χ0) is 24.8. The topological polar surface area (TPSA) is 79.9 Å². The molecule has 4 rings (SSSR count). The van der Waals surface area contributed by atoms with Crippen molar-refractivity contribution in [3.05, 3.63) is 83.7 Å². The molecule has 1 aliphatic heterocycles. The van der Waals surface area contributed by atoms with E-state index in [2.05, 4.69) is 10.6 Å². The number of anilines is 2. The number of carbonyl (C=O) groups excluding carboxylic acids is 2. The van der Waals surface area contributed by atoms with Gasteiger partial charge in [0.1, 0.15) is 17.3 Å². The Bertz CT molecular complexity index is 1200. The molecule has 0 fully saturated rings. The summed E-state index contributed by atoms with van der Waals surface area (Å²) in [5, 5.41) is 5.61. The van der Waals surface area contributed by atoms with Crippen LogP contribution in [0, 0.1) is 5.82 Å². The minimum atomic E-state index is -0.584. The minimum absolute atomic E-state index is 0.0870. The Morgan fingerprint density at radius 3 is 2.54 bits per heavy atom. The van der Waals surface area contributed by atoms with Gasteiger partial charge in [-0.3, -0.25) is 4.79 Å². The molecule has 1 atom stereocenters. The fourth-order valence-corrected chi connectivity index (χ4v) is 3.94. The summed E-state index contributed by atoms with van der Waals surface area (Å²) in [6, 6.07) is 18.3. The maximum atomic E-state index is 13.2. The minimum Gasteiger partial charge on any atom is -0.497 e. The Hall–Kier alpha value is -4.07. The van der Waals surface area contributed by atoms with Crippen LogP contribution in [-0.4, -0.2) is 36.6 Å². The molecular weight excluding hydrogens is 449 g/mol. The number of benzene rings is 3. The fourth-order valence-electron chi connectivity index (χ4n) is 3.94. The van der Waals surface area contributed by atoms with Gasteiger partial charge in [-0.15, -0.1) is 0 Å². The predicted molar refractivity (Wildman–Crippen MR) is 132 cm³/mol. The van der Waals surface area contributed by atoms with Crippen LogP contribution in [0.4, 0.5) is 20.6 Å². The highest BCUT2D eigenvalue weighted by Crippen LogP contribution is 2.30. The van der Waals surface area contributed by atoms with Gasteiger partial charge in [-0.2, -0.15) is 0 Å². The molecule has 182 valence electrons. The van der Waals surface area contributed by atoms with Crippen molar-refractivity contribution >= 4 is 23.3 Å². The molecule has 0 aromatic heterocycles. The van der Waals surface area contributed by atoms with Crippen molar-refractivity contribution in [2.45, 2.75) is 32.4 Å². The second-order valence-electron chi connectivity index (χ2n) is 8.28. The van der Waals surface area contributed by atoms with Crippen molar-refractivity contribution in [3.8, 4) is 11.5 Å². The van der Waals surface area contributed by atoms with Gasteiger partial charge in [0.15, 0.2) is 6.10 Å². The average molecular weight is 478 g/mol. The first-order chi connectivity index (χ1) is 16.9. The van der Waals surface area contributed by atoms with Crippen molar-refractivity contribution in [1.82, 2.24) is 4.90 Å². The maximum Gasteiger partial charge on any atom is 0.323 e. The van der Waals surface area contributed by atoms with E-state index in [0.717, 1.165) is 11.1 Å². The Morgan fingerprint density at radius 2 is 1.83 bits per heavy atom. The Labute approximate surface area is 203 Å². The van der Waals surface area contributed by atoms with Gasteiger partial charge in [0.05, 0.1) is 7.11 Å². The number of ether oxygens (including phenoxy) is 2. The number of hydrogen-bond donors (Lipinski definition) is 2. The molecule has 0 bridgehead atoms. The summed E-state index contributed by atoms with van der Waals surface area (Å²) in [7, 11) is 1.56.